The van der Waals surface area contributed by atoms with Crippen LogP contribution in [-0.2, 0) is 4.74 Å². The molecule has 1 fully saturated rings. The summed E-state index contributed by atoms with van der Waals surface area (Å²) >= 11 is 0. The third-order valence-corrected chi connectivity index (χ3v) is 3.05. The van der Waals surface area contributed by atoms with Crippen LogP contribution in [-0.4, -0.2) is 13.2 Å². The number of nitrogens with two attached hydrogens (primary N) is 1. The highest BCUT2D eigenvalue weighted by atomic mass is 19.1. The quantitative estimate of drug-likeness (QED) is 0.721. The Kier molecular flexibility index (Phi) is 2.91. The fraction of sp³-hybridized carbons (Fsp3) is 0.500. The summed E-state index contributed by atoms with van der Waals surface area (Å²) in [5.74, 6) is 0.134. The lowest BCUT2D eigenvalue weighted by atomic mass is 9.90. The minimum atomic E-state index is -0.131. The van der Waals surface area contributed by atoms with Crippen LogP contribution in [0.15, 0.2) is 12.1 Å². The Morgan fingerprint density at radius 2 is 2.00 bits per heavy atom. The minimum Gasteiger partial charge on any atom is -0.399 e. The van der Waals surface area contributed by atoms with Gasteiger partial charge in [0.2, 0.25) is 0 Å². The molecule has 0 radical (unpaired) electrons. The zero-order valence-electron chi connectivity index (χ0n) is 8.92. The molecule has 1 aromatic carbocycles. The van der Waals surface area contributed by atoms with E-state index >= 15 is 0 Å². The van der Waals surface area contributed by atoms with E-state index in [0.29, 0.717) is 5.69 Å². The molecule has 0 aliphatic carbocycles. The Labute approximate surface area is 89.2 Å². The number of halogens is 1. The first-order chi connectivity index (χ1) is 7.18. The Morgan fingerprint density at radius 1 is 1.33 bits per heavy atom. The van der Waals surface area contributed by atoms with Crippen molar-refractivity contribution in [1.82, 2.24) is 0 Å². The fourth-order valence-corrected chi connectivity index (χ4v) is 2.03. The number of rotatable bonds is 1. The van der Waals surface area contributed by atoms with Crippen LogP contribution in [0.4, 0.5) is 10.1 Å². The lowest BCUT2D eigenvalue weighted by Gasteiger charge is -2.23. The van der Waals surface area contributed by atoms with Gasteiger partial charge in [0, 0.05) is 18.9 Å². The van der Waals surface area contributed by atoms with Crippen molar-refractivity contribution in [2.45, 2.75) is 25.7 Å². The van der Waals surface area contributed by atoms with Crippen LogP contribution in [0.5, 0.6) is 0 Å². The predicted octanol–water partition coefficient (Wildman–Crippen LogP) is 2.61. The SMILES string of the molecule is Cc1cc(F)c(C2CCOCC2)cc1N. The monoisotopic (exact) mass is 209 g/mol. The molecule has 1 aliphatic rings. The molecule has 1 aromatic rings. The molecular weight excluding hydrogens is 193 g/mol. The van der Waals surface area contributed by atoms with Crippen molar-refractivity contribution < 1.29 is 9.13 Å². The van der Waals surface area contributed by atoms with E-state index in [4.69, 9.17) is 10.5 Å². The minimum absolute atomic E-state index is 0.131. The smallest absolute Gasteiger partial charge is 0.127 e. The summed E-state index contributed by atoms with van der Waals surface area (Å²) in [5, 5.41) is 0. The van der Waals surface area contributed by atoms with Crippen molar-refractivity contribution in [3.05, 3.63) is 29.1 Å². The van der Waals surface area contributed by atoms with E-state index in [-0.39, 0.29) is 11.7 Å². The highest BCUT2D eigenvalue weighted by Gasteiger charge is 2.19. The summed E-state index contributed by atoms with van der Waals surface area (Å²) in [6, 6.07) is 3.31. The second-order valence-corrected chi connectivity index (χ2v) is 4.12. The van der Waals surface area contributed by atoms with E-state index in [0.717, 1.165) is 37.2 Å². The summed E-state index contributed by atoms with van der Waals surface area (Å²) in [6.45, 7) is 3.27. The van der Waals surface area contributed by atoms with Gasteiger partial charge in [0.15, 0.2) is 0 Å². The van der Waals surface area contributed by atoms with Gasteiger partial charge in [-0.25, -0.2) is 4.39 Å². The Hall–Kier alpha value is -1.09. The highest BCUT2D eigenvalue weighted by Crippen LogP contribution is 2.31. The first-order valence-electron chi connectivity index (χ1n) is 5.31. The van der Waals surface area contributed by atoms with Gasteiger partial charge in [0.05, 0.1) is 0 Å². The number of nitrogen functional groups attached to an aromatic ring is 1. The molecule has 0 aromatic heterocycles. The van der Waals surface area contributed by atoms with Crippen LogP contribution in [0.25, 0.3) is 0 Å². The number of benzene rings is 1. The molecule has 2 N–H and O–H groups in total. The molecule has 3 heteroatoms. The van der Waals surface area contributed by atoms with Crippen LogP contribution in [0.2, 0.25) is 0 Å². The van der Waals surface area contributed by atoms with Crippen molar-refractivity contribution in [1.29, 1.82) is 0 Å². The van der Waals surface area contributed by atoms with Crippen molar-refractivity contribution in [2.24, 2.45) is 0 Å². The van der Waals surface area contributed by atoms with Crippen molar-refractivity contribution in [3.8, 4) is 0 Å². The van der Waals surface area contributed by atoms with Gasteiger partial charge in [-0.2, -0.15) is 0 Å². The van der Waals surface area contributed by atoms with E-state index in [2.05, 4.69) is 0 Å². The Bertz CT molecular complexity index is 359. The van der Waals surface area contributed by atoms with E-state index in [1.807, 2.05) is 6.92 Å². The maximum atomic E-state index is 13.7. The Morgan fingerprint density at radius 3 is 2.67 bits per heavy atom. The molecular formula is C12H16FNO. The highest BCUT2D eigenvalue weighted by molar-refractivity contribution is 5.49. The largest absolute Gasteiger partial charge is 0.399 e. The van der Waals surface area contributed by atoms with Crippen molar-refractivity contribution in [3.63, 3.8) is 0 Å². The zero-order valence-corrected chi connectivity index (χ0v) is 8.92. The molecule has 0 spiro atoms. The standard InChI is InChI=1S/C12H16FNO/c1-8-6-11(13)10(7-12(8)14)9-2-4-15-5-3-9/h6-7,9H,2-5,14H2,1H3. The van der Waals surface area contributed by atoms with Crippen LogP contribution in [0.3, 0.4) is 0 Å². The number of hydrogen-bond acceptors (Lipinski definition) is 2. The van der Waals surface area contributed by atoms with Crippen LogP contribution < -0.4 is 5.73 Å². The predicted molar refractivity (Wildman–Crippen MR) is 58.3 cm³/mol. The summed E-state index contributed by atoms with van der Waals surface area (Å²) in [6.07, 6.45) is 1.78. The summed E-state index contributed by atoms with van der Waals surface area (Å²) in [4.78, 5) is 0. The molecule has 2 rings (SSSR count). The first kappa shape index (κ1) is 10.4. The lowest BCUT2D eigenvalue weighted by Crippen LogP contribution is -2.15. The normalized spacial score (nSPS) is 18.0. The fourth-order valence-electron chi connectivity index (χ4n) is 2.03. The van der Waals surface area contributed by atoms with Gasteiger partial charge in [0.1, 0.15) is 5.82 Å². The molecule has 0 bridgehead atoms. The van der Waals surface area contributed by atoms with E-state index in [1.165, 1.54) is 6.07 Å². The van der Waals surface area contributed by atoms with Gasteiger partial charge in [-0.05, 0) is 48.9 Å². The maximum Gasteiger partial charge on any atom is 0.127 e. The maximum absolute atomic E-state index is 13.7. The van der Waals surface area contributed by atoms with Crippen molar-refractivity contribution in [2.75, 3.05) is 18.9 Å². The molecule has 1 aliphatic heterocycles. The van der Waals surface area contributed by atoms with Gasteiger partial charge in [-0.3, -0.25) is 0 Å². The first-order valence-corrected chi connectivity index (χ1v) is 5.31. The van der Waals surface area contributed by atoms with Crippen molar-refractivity contribution >= 4 is 5.69 Å². The number of ether oxygens (including phenoxy) is 1. The van der Waals surface area contributed by atoms with Crippen LogP contribution in [0.1, 0.15) is 29.9 Å². The summed E-state index contributed by atoms with van der Waals surface area (Å²) in [7, 11) is 0. The van der Waals surface area contributed by atoms with Gasteiger partial charge in [0.25, 0.3) is 0 Å². The van der Waals surface area contributed by atoms with E-state index in [9.17, 15) is 4.39 Å². The number of aryl methyl sites for hydroxylation is 1. The molecule has 1 saturated heterocycles. The molecule has 15 heavy (non-hydrogen) atoms. The lowest BCUT2D eigenvalue weighted by molar-refractivity contribution is 0.0846. The number of anilines is 1. The van der Waals surface area contributed by atoms with Gasteiger partial charge in [-0.1, -0.05) is 0 Å². The van der Waals surface area contributed by atoms with Gasteiger partial charge >= 0.3 is 0 Å². The molecule has 0 saturated carbocycles. The molecule has 0 atom stereocenters. The Balaban J connectivity index is 2.30. The van der Waals surface area contributed by atoms with E-state index < -0.39 is 0 Å². The van der Waals surface area contributed by atoms with Gasteiger partial charge < -0.3 is 10.5 Å². The third-order valence-electron chi connectivity index (χ3n) is 3.05. The average molecular weight is 209 g/mol. The molecule has 82 valence electrons. The van der Waals surface area contributed by atoms with Crippen LogP contribution >= 0.6 is 0 Å². The van der Waals surface area contributed by atoms with Gasteiger partial charge in [-0.15, -0.1) is 0 Å². The third kappa shape index (κ3) is 2.12. The zero-order chi connectivity index (χ0) is 10.8. The summed E-state index contributed by atoms with van der Waals surface area (Å²) in [5.41, 5.74) is 8.04. The molecule has 0 unspecified atom stereocenters. The summed E-state index contributed by atoms with van der Waals surface area (Å²) < 4.78 is 19.0. The molecule has 2 nitrogen and oxygen atoms in total. The second-order valence-electron chi connectivity index (χ2n) is 4.12. The second kappa shape index (κ2) is 4.19. The average Bonchev–Trinajstić information content (AvgIpc) is 2.25. The molecule has 0 amide bonds. The van der Waals surface area contributed by atoms with Crippen LogP contribution in [0, 0.1) is 12.7 Å². The topological polar surface area (TPSA) is 35.2 Å². The van der Waals surface area contributed by atoms with E-state index in [1.54, 1.807) is 6.07 Å². The molecule has 1 heterocycles. The number of hydrogen-bond donors (Lipinski definition) is 1.